The van der Waals surface area contributed by atoms with Crippen LogP contribution in [0.4, 0.5) is 0 Å². The maximum atomic E-state index is 10.7. The van der Waals surface area contributed by atoms with Gasteiger partial charge in [-0.1, -0.05) is 19.8 Å². The lowest BCUT2D eigenvalue weighted by molar-refractivity contribution is 0.0806. The topological polar surface area (TPSA) is 92.8 Å². The Kier molecular flexibility index (Phi) is 4.10. The van der Waals surface area contributed by atoms with E-state index in [9.17, 15) is 4.57 Å². The SMILES string of the molecule is C[C@H]1CCC[C@H]1C(CN)OP(=O)(O)O. The van der Waals surface area contributed by atoms with Crippen LogP contribution in [0.2, 0.25) is 0 Å². The highest BCUT2D eigenvalue weighted by molar-refractivity contribution is 7.46. The first-order valence-corrected chi connectivity index (χ1v) is 6.41. The van der Waals surface area contributed by atoms with Gasteiger partial charge < -0.3 is 15.5 Å². The molecule has 0 aromatic rings. The van der Waals surface area contributed by atoms with E-state index in [0.29, 0.717) is 5.92 Å². The first-order chi connectivity index (χ1) is 6.44. The third kappa shape index (κ3) is 3.33. The normalized spacial score (nSPS) is 30.6. The standard InChI is InChI=1S/C8H18NO4P/c1-6-3-2-4-7(6)8(5-9)13-14(10,11)12/h6-8H,2-5,9H2,1H3,(H2,10,11,12)/t6-,7+,8?/m0/s1. The van der Waals surface area contributed by atoms with Gasteiger partial charge in [0.05, 0.1) is 6.10 Å². The van der Waals surface area contributed by atoms with Crippen molar-refractivity contribution >= 4 is 7.82 Å². The number of phosphoric ester groups is 1. The average Bonchev–Trinajstić information content (AvgIpc) is 2.45. The van der Waals surface area contributed by atoms with Gasteiger partial charge >= 0.3 is 7.82 Å². The second kappa shape index (κ2) is 4.73. The summed E-state index contributed by atoms with van der Waals surface area (Å²) >= 11 is 0. The van der Waals surface area contributed by atoms with Gasteiger partial charge in [0, 0.05) is 6.54 Å². The Bertz CT molecular complexity index is 229. The molecule has 0 bridgehead atoms. The zero-order valence-electron chi connectivity index (χ0n) is 8.30. The van der Waals surface area contributed by atoms with Gasteiger partial charge in [-0.15, -0.1) is 0 Å². The summed E-state index contributed by atoms with van der Waals surface area (Å²) in [6, 6.07) is 0. The summed E-state index contributed by atoms with van der Waals surface area (Å²) in [5.74, 6) is 0.628. The van der Waals surface area contributed by atoms with Crippen LogP contribution in [0.15, 0.2) is 0 Å². The predicted octanol–water partition coefficient (Wildman–Crippen LogP) is 0.859. The minimum Gasteiger partial charge on any atom is -0.328 e. The van der Waals surface area contributed by atoms with Crippen molar-refractivity contribution in [1.82, 2.24) is 0 Å². The summed E-state index contributed by atoms with van der Waals surface area (Å²) in [4.78, 5) is 17.4. The van der Waals surface area contributed by atoms with Gasteiger partial charge in [-0.2, -0.15) is 0 Å². The quantitative estimate of drug-likeness (QED) is 0.614. The molecule has 1 saturated carbocycles. The number of nitrogens with two attached hydrogens (primary N) is 1. The molecule has 0 aliphatic heterocycles. The third-order valence-electron chi connectivity index (χ3n) is 2.91. The molecule has 5 nitrogen and oxygen atoms in total. The van der Waals surface area contributed by atoms with E-state index in [2.05, 4.69) is 11.4 Å². The van der Waals surface area contributed by atoms with Gasteiger partial charge in [0.25, 0.3) is 0 Å². The largest absolute Gasteiger partial charge is 0.469 e. The summed E-state index contributed by atoms with van der Waals surface area (Å²) in [6.07, 6.45) is 2.62. The molecule has 1 aliphatic rings. The Morgan fingerprint density at radius 1 is 1.57 bits per heavy atom. The highest BCUT2D eigenvalue weighted by Crippen LogP contribution is 2.43. The summed E-state index contributed by atoms with van der Waals surface area (Å²) < 4.78 is 15.4. The van der Waals surface area contributed by atoms with E-state index in [1.54, 1.807) is 0 Å². The fraction of sp³-hybridized carbons (Fsp3) is 1.00. The molecule has 6 heteroatoms. The van der Waals surface area contributed by atoms with Crippen molar-refractivity contribution in [1.29, 1.82) is 0 Å². The lowest BCUT2D eigenvalue weighted by Gasteiger charge is -2.25. The van der Waals surface area contributed by atoms with Crippen molar-refractivity contribution in [2.75, 3.05) is 6.54 Å². The number of phosphoric acid groups is 1. The monoisotopic (exact) mass is 223 g/mol. The molecular weight excluding hydrogens is 205 g/mol. The van der Waals surface area contributed by atoms with Gasteiger partial charge in [-0.25, -0.2) is 4.57 Å². The lowest BCUT2D eigenvalue weighted by Crippen LogP contribution is -2.32. The molecule has 0 heterocycles. The Hall–Kier alpha value is 0.0700. The van der Waals surface area contributed by atoms with Crippen LogP contribution in [0.5, 0.6) is 0 Å². The molecule has 0 amide bonds. The summed E-state index contributed by atoms with van der Waals surface area (Å²) in [6.45, 7) is 2.24. The van der Waals surface area contributed by atoms with Crippen molar-refractivity contribution in [3.8, 4) is 0 Å². The first kappa shape index (κ1) is 12.1. The molecule has 14 heavy (non-hydrogen) atoms. The van der Waals surface area contributed by atoms with Crippen molar-refractivity contribution < 1.29 is 18.9 Å². The summed E-state index contributed by atoms with van der Waals surface area (Å²) in [5, 5.41) is 0. The number of hydrogen-bond donors (Lipinski definition) is 3. The number of hydrogen-bond acceptors (Lipinski definition) is 3. The molecule has 0 saturated heterocycles. The van der Waals surface area contributed by atoms with Crippen LogP contribution in [0.3, 0.4) is 0 Å². The number of rotatable bonds is 4. The molecule has 1 unspecified atom stereocenters. The Morgan fingerprint density at radius 3 is 2.57 bits per heavy atom. The third-order valence-corrected chi connectivity index (χ3v) is 3.46. The zero-order valence-corrected chi connectivity index (χ0v) is 9.19. The van der Waals surface area contributed by atoms with Crippen molar-refractivity contribution in [2.45, 2.75) is 32.3 Å². The van der Waals surface area contributed by atoms with Gasteiger partial charge in [0.15, 0.2) is 0 Å². The maximum Gasteiger partial charge on any atom is 0.469 e. The Morgan fingerprint density at radius 2 is 2.21 bits per heavy atom. The van der Waals surface area contributed by atoms with Crippen LogP contribution in [0, 0.1) is 11.8 Å². The predicted molar refractivity (Wildman–Crippen MR) is 52.5 cm³/mol. The summed E-state index contributed by atoms with van der Waals surface area (Å²) in [5.41, 5.74) is 5.45. The van der Waals surface area contributed by atoms with Crippen molar-refractivity contribution in [2.24, 2.45) is 17.6 Å². The van der Waals surface area contributed by atoms with Gasteiger partial charge in [0.1, 0.15) is 0 Å². The lowest BCUT2D eigenvalue weighted by atomic mass is 9.92. The zero-order chi connectivity index (χ0) is 10.8. The fourth-order valence-corrected chi connectivity index (χ4v) is 2.79. The van der Waals surface area contributed by atoms with Crippen LogP contribution >= 0.6 is 7.82 Å². The average molecular weight is 223 g/mol. The van der Waals surface area contributed by atoms with E-state index in [1.807, 2.05) is 0 Å². The molecule has 3 atom stereocenters. The minimum absolute atomic E-state index is 0.167. The van der Waals surface area contributed by atoms with Crippen LogP contribution in [0.25, 0.3) is 0 Å². The molecule has 0 aromatic heterocycles. The van der Waals surface area contributed by atoms with Crippen molar-refractivity contribution in [3.05, 3.63) is 0 Å². The van der Waals surface area contributed by atoms with Crippen LogP contribution < -0.4 is 5.73 Å². The van der Waals surface area contributed by atoms with Crippen LogP contribution in [-0.4, -0.2) is 22.4 Å². The van der Waals surface area contributed by atoms with Gasteiger partial charge in [0.2, 0.25) is 0 Å². The second-order valence-electron chi connectivity index (χ2n) is 3.94. The van der Waals surface area contributed by atoms with E-state index < -0.39 is 13.9 Å². The highest BCUT2D eigenvalue weighted by Gasteiger charge is 2.34. The van der Waals surface area contributed by atoms with Crippen LogP contribution in [-0.2, 0) is 9.09 Å². The molecule has 0 spiro atoms. The van der Waals surface area contributed by atoms with E-state index in [0.717, 1.165) is 19.3 Å². The fourth-order valence-electron chi connectivity index (χ4n) is 2.20. The van der Waals surface area contributed by atoms with Gasteiger partial charge in [-0.3, -0.25) is 4.52 Å². The molecule has 1 rings (SSSR count). The highest BCUT2D eigenvalue weighted by atomic mass is 31.2. The molecular formula is C8H18NO4P. The van der Waals surface area contributed by atoms with Crippen molar-refractivity contribution in [3.63, 3.8) is 0 Å². The Balaban J connectivity index is 2.57. The molecule has 1 fully saturated rings. The molecule has 0 radical (unpaired) electrons. The van der Waals surface area contributed by atoms with E-state index in [4.69, 9.17) is 15.5 Å². The molecule has 1 aliphatic carbocycles. The smallest absolute Gasteiger partial charge is 0.328 e. The van der Waals surface area contributed by atoms with E-state index >= 15 is 0 Å². The van der Waals surface area contributed by atoms with E-state index in [1.165, 1.54) is 0 Å². The molecule has 0 aromatic carbocycles. The molecule has 84 valence electrons. The van der Waals surface area contributed by atoms with E-state index in [-0.39, 0.29) is 12.5 Å². The first-order valence-electron chi connectivity index (χ1n) is 4.88. The molecule has 4 N–H and O–H groups in total. The maximum absolute atomic E-state index is 10.7. The summed E-state index contributed by atoms with van der Waals surface area (Å²) in [7, 11) is -4.40. The minimum atomic E-state index is -4.40. The Labute approximate surface area is 83.9 Å². The second-order valence-corrected chi connectivity index (χ2v) is 5.13. The van der Waals surface area contributed by atoms with Crippen LogP contribution in [0.1, 0.15) is 26.2 Å². The van der Waals surface area contributed by atoms with Gasteiger partial charge in [-0.05, 0) is 18.3 Å².